The lowest BCUT2D eigenvalue weighted by molar-refractivity contribution is 0.0985. The van der Waals surface area contributed by atoms with Crippen molar-refractivity contribution in [2.45, 2.75) is 13.0 Å². The van der Waals surface area contributed by atoms with Gasteiger partial charge in [0.15, 0.2) is 5.65 Å². The molecule has 8 nitrogen and oxygen atoms in total. The van der Waals surface area contributed by atoms with Gasteiger partial charge in [0.1, 0.15) is 5.82 Å². The monoisotopic (exact) mass is 375 g/mol. The number of hydrogen-bond acceptors (Lipinski definition) is 6. The van der Waals surface area contributed by atoms with Crippen LogP contribution in [-0.2, 0) is 11.8 Å². The van der Waals surface area contributed by atoms with E-state index in [1.165, 1.54) is 0 Å². The number of aromatic nitrogens is 6. The van der Waals surface area contributed by atoms with Gasteiger partial charge >= 0.3 is 0 Å². The van der Waals surface area contributed by atoms with E-state index < -0.39 is 0 Å². The van der Waals surface area contributed by atoms with Crippen molar-refractivity contribution >= 4 is 11.5 Å². The van der Waals surface area contributed by atoms with Crippen molar-refractivity contribution in [3.63, 3.8) is 0 Å². The number of pyridine rings is 1. The summed E-state index contributed by atoms with van der Waals surface area (Å²) in [6.07, 6.45) is 7.26. The standard InChI is InChI=1S/C20H21N7O/c1-14-13-28-9-8-26(14)19-10-18(17-5-7-22-25(17)2)27-20(24-19)16(12-23-27)15-4-3-6-21-11-15/h3-7,10-12,14H,8-9,13H2,1-2H3/t14-/m1/s1. The molecule has 0 bridgehead atoms. The van der Waals surface area contributed by atoms with Gasteiger partial charge in [0.25, 0.3) is 0 Å². The van der Waals surface area contributed by atoms with Crippen LogP contribution in [0.5, 0.6) is 0 Å². The van der Waals surface area contributed by atoms with E-state index in [0.717, 1.165) is 40.5 Å². The van der Waals surface area contributed by atoms with E-state index >= 15 is 0 Å². The Hall–Kier alpha value is -3.26. The largest absolute Gasteiger partial charge is 0.377 e. The average molecular weight is 375 g/mol. The third-order valence-corrected chi connectivity index (χ3v) is 5.18. The van der Waals surface area contributed by atoms with Crippen molar-refractivity contribution in [3.8, 4) is 22.5 Å². The molecule has 1 aliphatic heterocycles. The molecule has 1 atom stereocenters. The summed E-state index contributed by atoms with van der Waals surface area (Å²) in [7, 11) is 1.93. The van der Waals surface area contributed by atoms with Gasteiger partial charge < -0.3 is 9.64 Å². The molecular formula is C20H21N7O. The number of rotatable bonds is 3. The first-order valence-electron chi connectivity index (χ1n) is 9.34. The van der Waals surface area contributed by atoms with Crippen LogP contribution in [0.15, 0.2) is 49.1 Å². The smallest absolute Gasteiger partial charge is 0.165 e. The number of nitrogens with zero attached hydrogens (tertiary/aromatic N) is 7. The third kappa shape index (κ3) is 2.73. The summed E-state index contributed by atoms with van der Waals surface area (Å²) in [6, 6.07) is 8.29. The van der Waals surface area contributed by atoms with Crippen molar-refractivity contribution in [2.75, 3.05) is 24.7 Å². The normalized spacial score (nSPS) is 17.4. The molecule has 1 fully saturated rings. The number of hydrogen-bond donors (Lipinski definition) is 0. The summed E-state index contributed by atoms with van der Waals surface area (Å²) in [5.74, 6) is 0.921. The van der Waals surface area contributed by atoms with Crippen molar-refractivity contribution < 1.29 is 4.74 Å². The minimum Gasteiger partial charge on any atom is -0.377 e. The zero-order valence-corrected chi connectivity index (χ0v) is 15.9. The summed E-state index contributed by atoms with van der Waals surface area (Å²) in [6.45, 7) is 4.37. The van der Waals surface area contributed by atoms with Crippen LogP contribution in [-0.4, -0.2) is 55.2 Å². The van der Waals surface area contributed by atoms with Gasteiger partial charge in [-0.2, -0.15) is 10.2 Å². The van der Waals surface area contributed by atoms with Crippen molar-refractivity contribution in [2.24, 2.45) is 7.05 Å². The molecule has 0 N–H and O–H groups in total. The molecule has 1 aliphatic rings. The predicted molar refractivity (Wildman–Crippen MR) is 106 cm³/mol. The lowest BCUT2D eigenvalue weighted by atomic mass is 10.1. The molecule has 0 aromatic carbocycles. The molecular weight excluding hydrogens is 354 g/mol. The van der Waals surface area contributed by atoms with E-state index in [9.17, 15) is 0 Å². The minimum atomic E-state index is 0.257. The van der Waals surface area contributed by atoms with E-state index in [2.05, 4.69) is 33.1 Å². The molecule has 5 rings (SSSR count). The first-order chi connectivity index (χ1) is 13.7. The van der Waals surface area contributed by atoms with Crippen LogP contribution in [0.3, 0.4) is 0 Å². The first-order valence-corrected chi connectivity index (χ1v) is 9.34. The summed E-state index contributed by atoms with van der Waals surface area (Å²) >= 11 is 0. The fourth-order valence-electron chi connectivity index (χ4n) is 3.70. The highest BCUT2D eigenvalue weighted by Crippen LogP contribution is 2.30. The Bertz CT molecular complexity index is 1120. The molecule has 0 unspecified atom stereocenters. The van der Waals surface area contributed by atoms with Crippen molar-refractivity contribution in [3.05, 3.63) is 49.1 Å². The lowest BCUT2D eigenvalue weighted by Crippen LogP contribution is -2.44. The van der Waals surface area contributed by atoms with Gasteiger partial charge in [0.05, 0.1) is 36.8 Å². The van der Waals surface area contributed by atoms with Gasteiger partial charge in [-0.15, -0.1) is 0 Å². The Morgan fingerprint density at radius 1 is 1.11 bits per heavy atom. The molecule has 5 heterocycles. The van der Waals surface area contributed by atoms with E-state index in [1.807, 2.05) is 46.8 Å². The molecule has 8 heteroatoms. The molecule has 4 aromatic heterocycles. The van der Waals surface area contributed by atoms with E-state index in [4.69, 9.17) is 9.72 Å². The summed E-state index contributed by atoms with van der Waals surface area (Å²) in [4.78, 5) is 11.5. The summed E-state index contributed by atoms with van der Waals surface area (Å²) in [5, 5.41) is 8.97. The zero-order valence-electron chi connectivity index (χ0n) is 15.9. The highest BCUT2D eigenvalue weighted by molar-refractivity contribution is 5.80. The summed E-state index contributed by atoms with van der Waals surface area (Å²) < 4.78 is 9.35. The van der Waals surface area contributed by atoms with Crippen LogP contribution in [0, 0.1) is 0 Å². The maximum Gasteiger partial charge on any atom is 0.165 e. The average Bonchev–Trinajstić information content (AvgIpc) is 3.34. The molecule has 0 aliphatic carbocycles. The Kier molecular flexibility index (Phi) is 4.05. The topological polar surface area (TPSA) is 73.4 Å². The fourth-order valence-corrected chi connectivity index (χ4v) is 3.70. The van der Waals surface area contributed by atoms with Gasteiger partial charge in [-0.3, -0.25) is 9.67 Å². The van der Waals surface area contributed by atoms with Gasteiger partial charge in [0.2, 0.25) is 0 Å². The minimum absolute atomic E-state index is 0.257. The Morgan fingerprint density at radius 3 is 2.79 bits per heavy atom. The SMILES string of the molecule is C[C@@H]1COCCN1c1cc(-c2ccnn2C)n2ncc(-c3cccnc3)c2n1. The predicted octanol–water partition coefficient (Wildman–Crippen LogP) is 2.42. The fraction of sp³-hybridized carbons (Fsp3) is 0.300. The van der Waals surface area contributed by atoms with Crippen LogP contribution in [0.2, 0.25) is 0 Å². The number of aryl methyl sites for hydroxylation is 1. The Morgan fingerprint density at radius 2 is 2.04 bits per heavy atom. The molecule has 28 heavy (non-hydrogen) atoms. The van der Waals surface area contributed by atoms with Gasteiger partial charge in [-0.25, -0.2) is 9.50 Å². The van der Waals surface area contributed by atoms with Gasteiger partial charge in [-0.05, 0) is 19.1 Å². The molecule has 0 radical (unpaired) electrons. The van der Waals surface area contributed by atoms with Crippen LogP contribution < -0.4 is 4.90 Å². The van der Waals surface area contributed by atoms with Crippen molar-refractivity contribution in [1.82, 2.24) is 29.4 Å². The Balaban J connectivity index is 1.76. The molecule has 0 saturated carbocycles. The highest BCUT2D eigenvalue weighted by Gasteiger charge is 2.24. The van der Waals surface area contributed by atoms with Crippen LogP contribution in [0.25, 0.3) is 28.2 Å². The zero-order chi connectivity index (χ0) is 19.1. The molecule has 1 saturated heterocycles. The second-order valence-electron chi connectivity index (χ2n) is 6.99. The van der Waals surface area contributed by atoms with E-state index in [0.29, 0.717) is 13.2 Å². The number of anilines is 1. The molecule has 142 valence electrons. The van der Waals surface area contributed by atoms with Crippen LogP contribution in [0.1, 0.15) is 6.92 Å². The lowest BCUT2D eigenvalue weighted by Gasteiger charge is -2.34. The van der Waals surface area contributed by atoms with E-state index in [1.54, 1.807) is 12.4 Å². The highest BCUT2D eigenvalue weighted by atomic mass is 16.5. The second kappa shape index (κ2) is 6.72. The third-order valence-electron chi connectivity index (χ3n) is 5.18. The first kappa shape index (κ1) is 16.9. The second-order valence-corrected chi connectivity index (χ2v) is 6.99. The Labute approximate surface area is 162 Å². The maximum atomic E-state index is 5.61. The maximum absolute atomic E-state index is 5.61. The van der Waals surface area contributed by atoms with Crippen LogP contribution >= 0.6 is 0 Å². The molecule has 0 amide bonds. The van der Waals surface area contributed by atoms with Gasteiger partial charge in [-0.1, -0.05) is 6.07 Å². The van der Waals surface area contributed by atoms with Gasteiger partial charge in [0, 0.05) is 49.4 Å². The van der Waals surface area contributed by atoms with Crippen LogP contribution in [0.4, 0.5) is 5.82 Å². The van der Waals surface area contributed by atoms with E-state index in [-0.39, 0.29) is 6.04 Å². The molecule has 4 aromatic rings. The number of fused-ring (bicyclic) bond motifs is 1. The summed E-state index contributed by atoms with van der Waals surface area (Å²) in [5.41, 5.74) is 4.69. The number of ether oxygens (including phenoxy) is 1. The quantitative estimate of drug-likeness (QED) is 0.548. The molecule has 0 spiro atoms. The van der Waals surface area contributed by atoms with Crippen molar-refractivity contribution in [1.29, 1.82) is 0 Å². The number of morpholine rings is 1.